The number of carbonyl (C=O) groups is 1. The molecule has 7 nitrogen and oxygen atoms in total. The summed E-state index contributed by atoms with van der Waals surface area (Å²) in [6, 6.07) is 3.82. The van der Waals surface area contributed by atoms with Crippen LogP contribution < -0.4 is 4.74 Å². The number of hydrogen-bond donors (Lipinski definition) is 1. The van der Waals surface area contributed by atoms with Crippen LogP contribution in [0.5, 0.6) is 5.75 Å². The molecule has 1 unspecified atom stereocenters. The number of benzene rings is 1. The Bertz CT molecular complexity index is 502. The van der Waals surface area contributed by atoms with Crippen molar-refractivity contribution in [2.75, 3.05) is 20.3 Å². The van der Waals surface area contributed by atoms with Crippen molar-refractivity contribution in [1.82, 2.24) is 4.90 Å². The van der Waals surface area contributed by atoms with E-state index in [1.165, 1.54) is 30.2 Å². The molecule has 1 aromatic carbocycles. The van der Waals surface area contributed by atoms with Gasteiger partial charge in [-0.1, -0.05) is 0 Å². The summed E-state index contributed by atoms with van der Waals surface area (Å²) in [6.07, 6.45) is 0. The van der Waals surface area contributed by atoms with Crippen LogP contribution in [-0.4, -0.2) is 47.1 Å². The van der Waals surface area contributed by atoms with E-state index >= 15 is 0 Å². The molecule has 7 heteroatoms. The predicted molar refractivity (Wildman–Crippen MR) is 61.6 cm³/mol. The molecule has 0 bridgehead atoms. The van der Waals surface area contributed by atoms with E-state index in [0.29, 0.717) is 12.1 Å². The first kappa shape index (κ1) is 12.3. The number of rotatable bonds is 4. The Morgan fingerprint density at radius 2 is 2.39 bits per heavy atom. The maximum absolute atomic E-state index is 11.9. The van der Waals surface area contributed by atoms with Gasteiger partial charge in [0.25, 0.3) is 5.91 Å². The van der Waals surface area contributed by atoms with Crippen molar-refractivity contribution in [2.45, 2.75) is 6.04 Å². The molecule has 2 rings (SSSR count). The molecule has 0 saturated carbocycles. The predicted octanol–water partition coefficient (Wildman–Crippen LogP) is 0.420. The lowest BCUT2D eigenvalue weighted by molar-refractivity contribution is -0.385. The number of methoxy groups -OCH3 is 1. The third-order valence-corrected chi connectivity index (χ3v) is 2.81. The van der Waals surface area contributed by atoms with Gasteiger partial charge in [-0.15, -0.1) is 0 Å². The van der Waals surface area contributed by atoms with Crippen molar-refractivity contribution >= 4 is 11.6 Å². The summed E-state index contributed by atoms with van der Waals surface area (Å²) < 4.78 is 4.89. The highest BCUT2D eigenvalue weighted by atomic mass is 16.6. The van der Waals surface area contributed by atoms with Crippen LogP contribution in [0.15, 0.2) is 18.2 Å². The minimum Gasteiger partial charge on any atom is -0.490 e. The van der Waals surface area contributed by atoms with Gasteiger partial charge in [0, 0.05) is 24.2 Å². The van der Waals surface area contributed by atoms with Crippen LogP contribution in [0, 0.1) is 10.1 Å². The molecule has 1 atom stereocenters. The van der Waals surface area contributed by atoms with Crippen LogP contribution in [0.25, 0.3) is 0 Å². The van der Waals surface area contributed by atoms with E-state index in [1.54, 1.807) is 0 Å². The first-order chi connectivity index (χ1) is 8.58. The Balaban J connectivity index is 2.25. The van der Waals surface area contributed by atoms with Crippen LogP contribution in [0.2, 0.25) is 0 Å². The molecule has 0 radical (unpaired) electrons. The molecular formula is C11H12N2O5. The minimum atomic E-state index is -0.568. The van der Waals surface area contributed by atoms with Crippen LogP contribution >= 0.6 is 0 Å². The lowest BCUT2D eigenvalue weighted by atomic mass is 10.1. The van der Waals surface area contributed by atoms with Gasteiger partial charge in [0.15, 0.2) is 5.75 Å². The van der Waals surface area contributed by atoms with E-state index in [-0.39, 0.29) is 30.0 Å². The summed E-state index contributed by atoms with van der Waals surface area (Å²) in [5.41, 5.74) is 0.131. The Labute approximate surface area is 103 Å². The standard InChI is InChI=1S/C11H12N2O5/c1-18-10-4-7(2-3-9(10)13(16)17)11(15)12-5-8(12)6-14/h2-4,8,14H,5-6H2,1H3. The molecule has 18 heavy (non-hydrogen) atoms. The van der Waals surface area contributed by atoms with Crippen LogP contribution in [0.3, 0.4) is 0 Å². The van der Waals surface area contributed by atoms with E-state index in [2.05, 4.69) is 0 Å². The van der Waals surface area contributed by atoms with E-state index in [0.717, 1.165) is 0 Å². The van der Waals surface area contributed by atoms with Gasteiger partial charge in [-0.25, -0.2) is 0 Å². The van der Waals surface area contributed by atoms with Gasteiger partial charge >= 0.3 is 5.69 Å². The Hall–Kier alpha value is -2.15. The lowest BCUT2D eigenvalue weighted by Crippen LogP contribution is -2.15. The molecule has 0 spiro atoms. The Morgan fingerprint density at radius 1 is 1.67 bits per heavy atom. The molecule has 1 saturated heterocycles. The second-order valence-electron chi connectivity index (χ2n) is 3.94. The molecule has 96 valence electrons. The molecule has 1 amide bonds. The van der Waals surface area contributed by atoms with Gasteiger partial charge in [-0.3, -0.25) is 14.9 Å². The second kappa shape index (κ2) is 4.61. The number of nitro groups is 1. The van der Waals surface area contributed by atoms with Gasteiger partial charge in [0.1, 0.15) is 0 Å². The highest BCUT2D eigenvalue weighted by Gasteiger charge is 2.38. The minimum absolute atomic E-state index is 0.0493. The van der Waals surface area contributed by atoms with Gasteiger partial charge in [-0.2, -0.15) is 0 Å². The third-order valence-electron chi connectivity index (χ3n) is 2.81. The normalized spacial score (nSPS) is 17.4. The largest absolute Gasteiger partial charge is 0.490 e. The van der Waals surface area contributed by atoms with E-state index in [4.69, 9.17) is 9.84 Å². The van der Waals surface area contributed by atoms with Gasteiger partial charge in [-0.05, 0) is 6.07 Å². The smallest absolute Gasteiger partial charge is 0.310 e. The average molecular weight is 252 g/mol. The second-order valence-corrected chi connectivity index (χ2v) is 3.94. The fourth-order valence-corrected chi connectivity index (χ4v) is 1.71. The fourth-order valence-electron chi connectivity index (χ4n) is 1.71. The maximum atomic E-state index is 11.9. The van der Waals surface area contributed by atoms with Crippen molar-refractivity contribution < 1.29 is 19.6 Å². The zero-order valence-electron chi connectivity index (χ0n) is 9.70. The Morgan fingerprint density at radius 3 is 2.89 bits per heavy atom. The number of aliphatic hydroxyl groups excluding tert-OH is 1. The molecule has 1 aliphatic rings. The first-order valence-electron chi connectivity index (χ1n) is 5.32. The number of ether oxygens (including phenoxy) is 1. The molecule has 1 aliphatic heterocycles. The first-order valence-corrected chi connectivity index (χ1v) is 5.32. The number of amides is 1. The van der Waals surface area contributed by atoms with Gasteiger partial charge in [0.05, 0.1) is 24.7 Å². The SMILES string of the molecule is COc1cc(C(=O)N2CC2CO)ccc1[N+](=O)[O-]. The molecule has 1 aromatic rings. The summed E-state index contributed by atoms with van der Waals surface area (Å²) >= 11 is 0. The number of carbonyl (C=O) groups excluding carboxylic acids is 1. The van der Waals surface area contributed by atoms with Crippen molar-refractivity contribution in [3.05, 3.63) is 33.9 Å². The van der Waals surface area contributed by atoms with Crippen molar-refractivity contribution in [2.24, 2.45) is 0 Å². The van der Waals surface area contributed by atoms with Crippen LogP contribution in [-0.2, 0) is 0 Å². The van der Waals surface area contributed by atoms with Crippen LogP contribution in [0.1, 0.15) is 10.4 Å². The highest BCUT2D eigenvalue weighted by Crippen LogP contribution is 2.29. The van der Waals surface area contributed by atoms with Crippen molar-refractivity contribution in [3.63, 3.8) is 0 Å². The number of nitrogens with zero attached hydrogens (tertiary/aromatic N) is 2. The molecule has 0 aliphatic carbocycles. The van der Waals surface area contributed by atoms with Crippen molar-refractivity contribution in [3.8, 4) is 5.75 Å². The zero-order chi connectivity index (χ0) is 13.3. The molecule has 1 N–H and O–H groups in total. The van der Waals surface area contributed by atoms with Crippen LogP contribution in [0.4, 0.5) is 5.69 Å². The number of nitro benzene ring substituents is 1. The Kier molecular flexibility index (Phi) is 3.15. The molecule has 1 fully saturated rings. The number of aliphatic hydroxyl groups is 1. The van der Waals surface area contributed by atoms with Crippen molar-refractivity contribution in [1.29, 1.82) is 0 Å². The molecular weight excluding hydrogens is 240 g/mol. The third kappa shape index (κ3) is 2.12. The fraction of sp³-hybridized carbons (Fsp3) is 0.364. The van der Waals surface area contributed by atoms with E-state index < -0.39 is 4.92 Å². The molecule has 0 aromatic heterocycles. The highest BCUT2D eigenvalue weighted by molar-refractivity contribution is 5.96. The zero-order valence-corrected chi connectivity index (χ0v) is 9.70. The summed E-state index contributed by atoms with van der Waals surface area (Å²) in [7, 11) is 1.31. The molecule has 1 heterocycles. The lowest BCUT2D eigenvalue weighted by Gasteiger charge is -2.06. The van der Waals surface area contributed by atoms with E-state index in [1.807, 2.05) is 0 Å². The number of hydrogen-bond acceptors (Lipinski definition) is 5. The monoisotopic (exact) mass is 252 g/mol. The van der Waals surface area contributed by atoms with Gasteiger partial charge in [0.2, 0.25) is 0 Å². The maximum Gasteiger partial charge on any atom is 0.310 e. The average Bonchev–Trinajstić information content (AvgIpc) is 3.16. The quantitative estimate of drug-likeness (QED) is 0.476. The summed E-state index contributed by atoms with van der Waals surface area (Å²) in [5, 5.41) is 19.6. The summed E-state index contributed by atoms with van der Waals surface area (Å²) in [4.78, 5) is 23.5. The van der Waals surface area contributed by atoms with Gasteiger partial charge < -0.3 is 14.7 Å². The topological polar surface area (TPSA) is 92.7 Å². The van der Waals surface area contributed by atoms with E-state index in [9.17, 15) is 14.9 Å². The summed E-state index contributed by atoms with van der Waals surface area (Å²) in [5.74, 6) is -0.213. The summed E-state index contributed by atoms with van der Waals surface area (Å²) in [6.45, 7) is 0.435.